The minimum absolute atomic E-state index is 0.00398. The third-order valence-electron chi connectivity index (χ3n) is 1.45. The lowest BCUT2D eigenvalue weighted by Gasteiger charge is -2.06. The summed E-state index contributed by atoms with van der Waals surface area (Å²) in [5, 5.41) is 11.9. The van der Waals surface area contributed by atoms with Gasteiger partial charge < -0.3 is 16.2 Å². The average Bonchev–Trinajstić information content (AvgIpc) is 2.13. The van der Waals surface area contributed by atoms with Crippen LogP contribution in [0.2, 0.25) is 0 Å². The first-order chi connectivity index (χ1) is 6.15. The molecule has 4 N–H and O–H groups in total. The second kappa shape index (κ2) is 4.25. The highest BCUT2D eigenvalue weighted by Gasteiger charge is 2.06. The summed E-state index contributed by atoms with van der Waals surface area (Å²) in [6.07, 6.45) is 0. The number of rotatable bonds is 2. The van der Waals surface area contributed by atoms with E-state index < -0.39 is 0 Å². The Bertz CT molecular complexity index is 328. The molecule has 0 aromatic heterocycles. The van der Waals surface area contributed by atoms with Crippen molar-refractivity contribution in [1.82, 2.24) is 0 Å². The summed E-state index contributed by atoms with van der Waals surface area (Å²) in [6, 6.07) is 4.97. The summed E-state index contributed by atoms with van der Waals surface area (Å²) < 4.78 is 0.530. The largest absolute Gasteiger partial charge is 0.505 e. The standard InChI is InChI=1S/C8H9BrN2O2/c9-5-2-1-3-6(8(5)13)11-7(12)4-10/h1-3,13H,4,10H2,(H,11,12). The molecule has 0 spiro atoms. The molecule has 0 radical (unpaired) electrons. The van der Waals surface area contributed by atoms with Crippen molar-refractivity contribution in [3.05, 3.63) is 22.7 Å². The van der Waals surface area contributed by atoms with Crippen molar-refractivity contribution < 1.29 is 9.90 Å². The number of para-hydroxylation sites is 1. The van der Waals surface area contributed by atoms with E-state index in [0.717, 1.165) is 0 Å². The van der Waals surface area contributed by atoms with Crippen molar-refractivity contribution in [3.63, 3.8) is 0 Å². The van der Waals surface area contributed by atoms with Crippen LogP contribution in [0.15, 0.2) is 22.7 Å². The predicted octanol–water partition coefficient (Wildman–Crippen LogP) is 1.05. The molecule has 0 unspecified atom stereocenters. The van der Waals surface area contributed by atoms with E-state index in [4.69, 9.17) is 5.73 Å². The zero-order chi connectivity index (χ0) is 9.84. The molecule has 1 amide bonds. The molecule has 0 saturated carbocycles. The van der Waals surface area contributed by atoms with E-state index >= 15 is 0 Å². The van der Waals surface area contributed by atoms with Gasteiger partial charge in [-0.1, -0.05) is 6.07 Å². The average molecular weight is 245 g/mol. The number of nitrogens with two attached hydrogens (primary N) is 1. The first-order valence-electron chi connectivity index (χ1n) is 3.62. The van der Waals surface area contributed by atoms with Gasteiger partial charge in [0.05, 0.1) is 16.7 Å². The minimum Gasteiger partial charge on any atom is -0.505 e. The molecule has 0 aliphatic rings. The van der Waals surface area contributed by atoms with E-state index in [1.165, 1.54) is 0 Å². The van der Waals surface area contributed by atoms with E-state index in [0.29, 0.717) is 10.2 Å². The number of nitrogens with one attached hydrogen (secondary N) is 1. The van der Waals surface area contributed by atoms with E-state index in [-0.39, 0.29) is 18.2 Å². The normalized spacial score (nSPS) is 9.69. The lowest BCUT2D eigenvalue weighted by atomic mass is 10.3. The van der Waals surface area contributed by atoms with Gasteiger partial charge in [0, 0.05) is 0 Å². The number of aromatic hydroxyl groups is 1. The second-order valence-corrected chi connectivity index (χ2v) is 3.24. The summed E-state index contributed by atoms with van der Waals surface area (Å²) in [5.74, 6) is -0.335. The van der Waals surface area contributed by atoms with Crippen LogP contribution in [0.25, 0.3) is 0 Å². The molecule has 1 rings (SSSR count). The van der Waals surface area contributed by atoms with E-state index in [9.17, 15) is 9.90 Å². The fourth-order valence-electron chi connectivity index (χ4n) is 0.817. The summed E-state index contributed by atoms with van der Waals surface area (Å²) >= 11 is 3.13. The molecule has 0 bridgehead atoms. The Morgan fingerprint density at radius 1 is 1.62 bits per heavy atom. The Hall–Kier alpha value is -1.07. The molecule has 0 aliphatic heterocycles. The van der Waals surface area contributed by atoms with Crippen molar-refractivity contribution in [3.8, 4) is 5.75 Å². The highest BCUT2D eigenvalue weighted by molar-refractivity contribution is 9.10. The molecular formula is C8H9BrN2O2. The van der Waals surface area contributed by atoms with Crippen molar-refractivity contribution in [2.75, 3.05) is 11.9 Å². The van der Waals surface area contributed by atoms with E-state index in [1.807, 2.05) is 0 Å². The van der Waals surface area contributed by atoms with Gasteiger partial charge in [-0.2, -0.15) is 0 Å². The van der Waals surface area contributed by atoms with Gasteiger partial charge in [0.15, 0.2) is 5.75 Å². The molecule has 0 heterocycles. The lowest BCUT2D eigenvalue weighted by molar-refractivity contribution is -0.114. The van der Waals surface area contributed by atoms with Gasteiger partial charge in [-0.25, -0.2) is 0 Å². The molecule has 13 heavy (non-hydrogen) atoms. The molecule has 1 aromatic carbocycles. The van der Waals surface area contributed by atoms with Crippen molar-refractivity contribution >= 4 is 27.5 Å². The summed E-state index contributed by atoms with van der Waals surface area (Å²) in [5.41, 5.74) is 5.45. The van der Waals surface area contributed by atoms with Gasteiger partial charge in [0.25, 0.3) is 0 Å². The maximum absolute atomic E-state index is 10.9. The van der Waals surface area contributed by atoms with Crippen LogP contribution in [0.5, 0.6) is 5.75 Å². The van der Waals surface area contributed by atoms with Gasteiger partial charge in [-0.15, -0.1) is 0 Å². The highest BCUT2D eigenvalue weighted by atomic mass is 79.9. The number of phenolic OH excluding ortho intramolecular Hbond substituents is 1. The van der Waals surface area contributed by atoms with Crippen LogP contribution in [0.3, 0.4) is 0 Å². The van der Waals surface area contributed by atoms with E-state index in [2.05, 4.69) is 21.2 Å². The highest BCUT2D eigenvalue weighted by Crippen LogP contribution is 2.31. The number of anilines is 1. The van der Waals surface area contributed by atoms with Crippen LogP contribution >= 0.6 is 15.9 Å². The number of hydrogen-bond acceptors (Lipinski definition) is 3. The molecule has 70 valence electrons. The number of phenols is 1. The molecule has 5 heteroatoms. The molecule has 4 nitrogen and oxygen atoms in total. The van der Waals surface area contributed by atoms with Gasteiger partial charge >= 0.3 is 0 Å². The summed E-state index contributed by atoms with van der Waals surface area (Å²) in [7, 11) is 0. The zero-order valence-electron chi connectivity index (χ0n) is 6.75. The van der Waals surface area contributed by atoms with Gasteiger partial charge in [0.2, 0.25) is 5.91 Å². The van der Waals surface area contributed by atoms with Crippen molar-refractivity contribution in [2.24, 2.45) is 5.73 Å². The van der Waals surface area contributed by atoms with Crippen LogP contribution in [-0.4, -0.2) is 17.6 Å². The van der Waals surface area contributed by atoms with Crippen LogP contribution < -0.4 is 11.1 Å². The number of halogens is 1. The monoisotopic (exact) mass is 244 g/mol. The molecule has 1 aromatic rings. The third-order valence-corrected chi connectivity index (χ3v) is 2.09. The maximum atomic E-state index is 10.9. The first kappa shape index (κ1) is 10.0. The SMILES string of the molecule is NCC(=O)Nc1cccc(Br)c1O. The Balaban J connectivity index is 2.89. The maximum Gasteiger partial charge on any atom is 0.238 e. The molecule has 0 atom stereocenters. The number of carbonyl (C=O) groups excluding carboxylic acids is 1. The number of hydrogen-bond donors (Lipinski definition) is 3. The topological polar surface area (TPSA) is 75.4 Å². The van der Waals surface area contributed by atoms with Gasteiger partial charge in [-0.3, -0.25) is 4.79 Å². The smallest absolute Gasteiger partial charge is 0.238 e. The Morgan fingerprint density at radius 3 is 2.92 bits per heavy atom. The van der Waals surface area contributed by atoms with Crippen molar-refractivity contribution in [1.29, 1.82) is 0 Å². The predicted molar refractivity (Wildman–Crippen MR) is 53.5 cm³/mol. The van der Waals surface area contributed by atoms with Gasteiger partial charge in [-0.05, 0) is 28.1 Å². The quantitative estimate of drug-likeness (QED) is 0.681. The fraction of sp³-hybridized carbons (Fsp3) is 0.125. The van der Waals surface area contributed by atoms with Gasteiger partial charge in [0.1, 0.15) is 0 Å². The number of benzene rings is 1. The van der Waals surface area contributed by atoms with E-state index in [1.54, 1.807) is 18.2 Å². The summed E-state index contributed by atoms with van der Waals surface area (Å²) in [6.45, 7) is -0.105. The van der Waals surface area contributed by atoms with Crippen LogP contribution in [-0.2, 0) is 4.79 Å². The third kappa shape index (κ3) is 2.43. The lowest BCUT2D eigenvalue weighted by Crippen LogP contribution is -2.21. The summed E-state index contributed by atoms with van der Waals surface area (Å²) in [4.78, 5) is 10.9. The number of amides is 1. The van der Waals surface area contributed by atoms with Crippen LogP contribution in [0, 0.1) is 0 Å². The zero-order valence-corrected chi connectivity index (χ0v) is 8.34. The van der Waals surface area contributed by atoms with Crippen LogP contribution in [0.4, 0.5) is 5.69 Å². The molecule has 0 saturated heterocycles. The minimum atomic E-state index is -0.339. The second-order valence-electron chi connectivity index (χ2n) is 2.39. The molecular weight excluding hydrogens is 236 g/mol. The Kier molecular flexibility index (Phi) is 3.27. The first-order valence-corrected chi connectivity index (χ1v) is 4.42. The van der Waals surface area contributed by atoms with Crippen LogP contribution in [0.1, 0.15) is 0 Å². The Labute approximate surface area is 83.9 Å². The number of carbonyl (C=O) groups is 1. The fourth-order valence-corrected chi connectivity index (χ4v) is 1.18. The molecule has 0 aliphatic carbocycles. The molecule has 0 fully saturated rings. The Morgan fingerprint density at radius 2 is 2.31 bits per heavy atom. The van der Waals surface area contributed by atoms with Crippen molar-refractivity contribution in [2.45, 2.75) is 0 Å².